The first-order valence-electron chi connectivity index (χ1n) is 12.3. The van der Waals surface area contributed by atoms with Gasteiger partial charge in [-0.05, 0) is 34.9 Å². The maximum atomic E-state index is 12.0. The van der Waals surface area contributed by atoms with Crippen LogP contribution in [0.5, 0.6) is 0 Å². The van der Waals surface area contributed by atoms with E-state index in [9.17, 15) is 4.79 Å². The van der Waals surface area contributed by atoms with Gasteiger partial charge in [0, 0.05) is 23.4 Å². The van der Waals surface area contributed by atoms with Crippen molar-refractivity contribution in [3.8, 4) is 22.5 Å². The normalized spacial score (nSPS) is 10.9. The summed E-state index contributed by atoms with van der Waals surface area (Å²) in [5.41, 5.74) is 5.22. The summed E-state index contributed by atoms with van der Waals surface area (Å²) >= 11 is 0. The highest BCUT2D eigenvalue weighted by molar-refractivity contribution is 6.05. The number of urea groups is 1. The third-order valence-electron chi connectivity index (χ3n) is 6.08. The van der Waals surface area contributed by atoms with Gasteiger partial charge < -0.3 is 15.1 Å². The number of hydrogen-bond acceptors (Lipinski definition) is 8. The largest absolute Gasteiger partial charge is 0.437 e. The summed E-state index contributed by atoms with van der Waals surface area (Å²) in [6.45, 7) is 0.636. The lowest BCUT2D eigenvalue weighted by atomic mass is 9.99. The van der Waals surface area contributed by atoms with Crippen molar-refractivity contribution in [2.45, 2.75) is 6.42 Å². The molecular weight excluding hydrogens is 494 g/mol. The van der Waals surface area contributed by atoms with Gasteiger partial charge in [0.1, 0.15) is 17.9 Å². The molecule has 0 aliphatic heterocycles. The van der Waals surface area contributed by atoms with Crippen molar-refractivity contribution >= 4 is 34.6 Å². The smallest absolute Gasteiger partial charge is 0.326 e. The van der Waals surface area contributed by atoms with Crippen LogP contribution in [0.4, 0.5) is 22.2 Å². The maximum absolute atomic E-state index is 12.0. The lowest BCUT2D eigenvalue weighted by Crippen LogP contribution is -2.20. The van der Waals surface area contributed by atoms with Crippen molar-refractivity contribution < 1.29 is 9.21 Å². The first kappa shape index (κ1) is 23.8. The van der Waals surface area contributed by atoms with Gasteiger partial charge in [0.05, 0.1) is 5.39 Å². The minimum Gasteiger partial charge on any atom is -0.437 e. The number of carbonyl (C=O) groups excluding carboxylic acids is 1. The minimum absolute atomic E-state index is 0.0953. The molecule has 0 atom stereocenters. The highest BCUT2D eigenvalue weighted by Gasteiger charge is 2.21. The number of H-pyrrole nitrogens is 1. The molecule has 3 heterocycles. The number of benzene rings is 3. The highest BCUT2D eigenvalue weighted by atomic mass is 16.3. The first-order chi connectivity index (χ1) is 19.2. The fourth-order valence-corrected chi connectivity index (χ4v) is 4.30. The Kier molecular flexibility index (Phi) is 6.59. The number of aromatic amines is 1. The van der Waals surface area contributed by atoms with E-state index in [1.165, 1.54) is 6.33 Å². The Morgan fingerprint density at radius 2 is 1.59 bits per heavy atom. The zero-order chi connectivity index (χ0) is 26.4. The molecule has 0 saturated carbocycles. The predicted octanol–water partition coefficient (Wildman–Crippen LogP) is 5.37. The second kappa shape index (κ2) is 10.8. The Morgan fingerprint density at radius 3 is 2.31 bits per heavy atom. The second-order valence-corrected chi connectivity index (χ2v) is 8.63. The number of furan rings is 1. The lowest BCUT2D eigenvalue weighted by molar-refractivity contribution is 0.262. The summed E-state index contributed by atoms with van der Waals surface area (Å²) in [5.74, 6) is 1.56. The highest BCUT2D eigenvalue weighted by Crippen LogP contribution is 2.42. The van der Waals surface area contributed by atoms with Gasteiger partial charge >= 0.3 is 6.03 Å². The first-order valence-corrected chi connectivity index (χ1v) is 12.3. The van der Waals surface area contributed by atoms with Gasteiger partial charge in [0.2, 0.25) is 5.71 Å². The van der Waals surface area contributed by atoms with Crippen LogP contribution in [0.25, 0.3) is 33.6 Å². The van der Waals surface area contributed by atoms with E-state index in [1.807, 2.05) is 72.8 Å². The molecule has 39 heavy (non-hydrogen) atoms. The molecule has 0 radical (unpaired) electrons. The molecule has 6 aromatic rings. The van der Waals surface area contributed by atoms with E-state index >= 15 is 0 Å². The average molecular weight is 518 g/mol. The standard InChI is InChI=1S/C28H23N9O2/c38-28(33-27-34-36-37-35-27)32-21-13-11-18(12-14-21)15-16-29-25-23-22(19-7-3-1-4-8-19)24(20-9-5-2-6-10-20)39-26(23)31-17-30-25/h1-14,17H,15-16H2,(H,29,30,31)(H3,32,33,34,35,36,37,38). The van der Waals surface area contributed by atoms with Gasteiger partial charge in [-0.3, -0.25) is 5.32 Å². The van der Waals surface area contributed by atoms with Crippen LogP contribution in [0, 0.1) is 0 Å². The van der Waals surface area contributed by atoms with Gasteiger partial charge in [0.25, 0.3) is 5.95 Å². The van der Waals surface area contributed by atoms with Crippen molar-refractivity contribution in [1.29, 1.82) is 0 Å². The molecule has 0 aliphatic carbocycles. The van der Waals surface area contributed by atoms with Crippen molar-refractivity contribution in [2.24, 2.45) is 0 Å². The number of hydrogen-bond donors (Lipinski definition) is 4. The molecule has 2 amide bonds. The van der Waals surface area contributed by atoms with Gasteiger partial charge in [0.15, 0.2) is 0 Å². The van der Waals surface area contributed by atoms with E-state index in [-0.39, 0.29) is 5.95 Å². The topological polar surface area (TPSA) is 147 Å². The second-order valence-electron chi connectivity index (χ2n) is 8.63. The number of nitrogens with zero attached hydrogens (tertiary/aromatic N) is 5. The quantitative estimate of drug-likeness (QED) is 0.211. The zero-order valence-corrected chi connectivity index (χ0v) is 20.6. The summed E-state index contributed by atoms with van der Waals surface area (Å²) in [6, 6.07) is 27.3. The predicted molar refractivity (Wildman–Crippen MR) is 148 cm³/mol. The van der Waals surface area contributed by atoms with E-state index in [0.29, 0.717) is 23.8 Å². The summed E-state index contributed by atoms with van der Waals surface area (Å²) in [5, 5.41) is 22.6. The van der Waals surface area contributed by atoms with Crippen molar-refractivity contribution in [1.82, 2.24) is 30.6 Å². The number of nitrogens with one attached hydrogen (secondary N) is 4. The molecule has 192 valence electrons. The SMILES string of the molecule is O=C(Nc1ccc(CCNc2ncnc3oc(-c4ccccc4)c(-c4ccccc4)c23)cc1)Nc1nn[nH]n1. The molecule has 0 unspecified atom stereocenters. The van der Waals surface area contributed by atoms with Crippen molar-refractivity contribution in [2.75, 3.05) is 22.5 Å². The van der Waals surface area contributed by atoms with Crippen LogP contribution in [0.2, 0.25) is 0 Å². The number of carbonyl (C=O) groups is 1. The summed E-state index contributed by atoms with van der Waals surface area (Å²) in [6.07, 6.45) is 2.25. The minimum atomic E-state index is -0.456. The monoisotopic (exact) mass is 517 g/mol. The molecular formula is C28H23N9O2. The molecule has 6 rings (SSSR count). The summed E-state index contributed by atoms with van der Waals surface area (Å²) in [4.78, 5) is 21.0. The fraction of sp³-hybridized carbons (Fsp3) is 0.0714. The van der Waals surface area contributed by atoms with Gasteiger partial charge in [-0.2, -0.15) is 5.21 Å². The van der Waals surface area contributed by atoms with Crippen LogP contribution in [-0.4, -0.2) is 43.2 Å². The Bertz CT molecular complexity index is 1680. The van der Waals surface area contributed by atoms with Crippen LogP contribution >= 0.6 is 0 Å². The number of amides is 2. The summed E-state index contributed by atoms with van der Waals surface area (Å²) < 4.78 is 6.28. The number of tetrazole rings is 1. The van der Waals surface area contributed by atoms with E-state index in [4.69, 9.17) is 4.42 Å². The van der Waals surface area contributed by atoms with Crippen molar-refractivity contribution in [3.05, 3.63) is 96.8 Å². The molecule has 0 saturated heterocycles. The molecule has 0 fully saturated rings. The molecule has 11 heteroatoms. The van der Waals surface area contributed by atoms with Gasteiger partial charge in [-0.15, -0.1) is 5.10 Å². The van der Waals surface area contributed by atoms with Crippen LogP contribution in [0.1, 0.15) is 5.56 Å². The number of rotatable bonds is 8. The average Bonchev–Trinajstić information content (AvgIpc) is 3.63. The van der Waals surface area contributed by atoms with Crippen molar-refractivity contribution in [3.63, 3.8) is 0 Å². The molecule has 3 aromatic carbocycles. The van der Waals surface area contributed by atoms with Crippen LogP contribution in [0.3, 0.4) is 0 Å². The van der Waals surface area contributed by atoms with Crippen LogP contribution in [-0.2, 0) is 6.42 Å². The molecule has 3 aromatic heterocycles. The van der Waals surface area contributed by atoms with Gasteiger partial charge in [-0.1, -0.05) is 77.9 Å². The molecule has 0 bridgehead atoms. The van der Waals surface area contributed by atoms with E-state index in [1.54, 1.807) is 0 Å². The number of aromatic nitrogens is 6. The van der Waals surface area contributed by atoms with E-state index < -0.39 is 6.03 Å². The third kappa shape index (κ3) is 5.27. The Morgan fingerprint density at radius 1 is 0.846 bits per heavy atom. The number of fused-ring (bicyclic) bond motifs is 1. The Labute approximate surface area is 222 Å². The van der Waals surface area contributed by atoms with Crippen LogP contribution in [0.15, 0.2) is 95.7 Å². The number of anilines is 3. The Hall–Kier alpha value is -5.58. The molecule has 0 aliphatic rings. The zero-order valence-electron chi connectivity index (χ0n) is 20.6. The van der Waals surface area contributed by atoms with E-state index in [2.05, 4.69) is 58.7 Å². The fourth-order valence-electron chi connectivity index (χ4n) is 4.30. The lowest BCUT2D eigenvalue weighted by Gasteiger charge is -2.09. The maximum Gasteiger partial charge on any atom is 0.326 e. The molecule has 4 N–H and O–H groups in total. The van der Waals surface area contributed by atoms with E-state index in [0.717, 1.165) is 39.8 Å². The molecule has 11 nitrogen and oxygen atoms in total. The van der Waals surface area contributed by atoms with Crippen LogP contribution < -0.4 is 16.0 Å². The summed E-state index contributed by atoms with van der Waals surface area (Å²) in [7, 11) is 0. The third-order valence-corrected chi connectivity index (χ3v) is 6.08. The van der Waals surface area contributed by atoms with Gasteiger partial charge in [-0.25, -0.2) is 14.8 Å². The Balaban J connectivity index is 1.19. The molecule has 0 spiro atoms.